The van der Waals surface area contributed by atoms with E-state index in [1.54, 1.807) is 17.0 Å². The Bertz CT molecular complexity index is 1270. The third-order valence-electron chi connectivity index (χ3n) is 9.38. The fourth-order valence-electron chi connectivity index (χ4n) is 7.20. The van der Waals surface area contributed by atoms with E-state index in [4.69, 9.17) is 4.74 Å². The lowest BCUT2D eigenvalue weighted by Crippen LogP contribution is -2.49. The number of carbonyl (C=O) groups is 2. The predicted octanol–water partition coefficient (Wildman–Crippen LogP) is 6.52. The maximum atomic E-state index is 14.3. The standard InChI is InChI=1S/C34H46F3N3O4/c1-5-13-40(34(43)44-21-23-9-10-30(36)31(37)16-23)27-11-14-39(15-12-27)20-25-18-28(38(4)32(22(2)3)33(41)42)19-29(25)24-7-6-8-26(35)17-24/h6-10,16-17,22,25,27-29,32H,5,11-15,18-21H2,1-4H3,(H,41,42)/t25?,28?,29?,32-/m1/s1. The molecular formula is C34H46F3N3O4. The van der Waals surface area contributed by atoms with Crippen LogP contribution in [0.2, 0.25) is 0 Å². The summed E-state index contributed by atoms with van der Waals surface area (Å²) < 4.78 is 46.6. The predicted molar refractivity (Wildman–Crippen MR) is 163 cm³/mol. The molecule has 0 bridgehead atoms. The molecule has 2 aliphatic rings. The molecule has 3 unspecified atom stereocenters. The molecule has 4 rings (SSSR count). The molecule has 1 saturated carbocycles. The van der Waals surface area contributed by atoms with Gasteiger partial charge in [0.1, 0.15) is 18.5 Å². The van der Waals surface area contributed by atoms with E-state index in [2.05, 4.69) is 4.90 Å². The number of nitrogens with zero attached hydrogens (tertiary/aromatic N) is 3. The molecule has 0 aromatic heterocycles. The number of halogens is 3. The van der Waals surface area contributed by atoms with Crippen LogP contribution >= 0.6 is 0 Å². The van der Waals surface area contributed by atoms with Gasteiger partial charge in [-0.15, -0.1) is 0 Å². The number of carboxylic acids is 1. The average Bonchev–Trinajstić information content (AvgIpc) is 3.40. The summed E-state index contributed by atoms with van der Waals surface area (Å²) in [7, 11) is 1.90. The molecule has 2 aromatic carbocycles. The zero-order valence-corrected chi connectivity index (χ0v) is 26.2. The van der Waals surface area contributed by atoms with E-state index in [-0.39, 0.29) is 42.3 Å². The van der Waals surface area contributed by atoms with Gasteiger partial charge in [-0.1, -0.05) is 39.0 Å². The molecule has 1 N–H and O–H groups in total. The van der Waals surface area contributed by atoms with Crippen molar-refractivity contribution in [2.24, 2.45) is 11.8 Å². The number of rotatable bonds is 12. The number of ether oxygens (including phenoxy) is 1. The first-order chi connectivity index (χ1) is 21.0. The van der Waals surface area contributed by atoms with E-state index < -0.39 is 29.7 Å². The number of carboxylic acid groups (broad SMARTS) is 1. The van der Waals surface area contributed by atoms with Crippen molar-refractivity contribution in [3.05, 3.63) is 71.0 Å². The van der Waals surface area contributed by atoms with Crippen molar-refractivity contribution in [2.75, 3.05) is 33.2 Å². The summed E-state index contributed by atoms with van der Waals surface area (Å²) in [6.45, 7) is 8.65. The van der Waals surface area contributed by atoms with E-state index >= 15 is 0 Å². The van der Waals surface area contributed by atoms with Gasteiger partial charge >= 0.3 is 12.1 Å². The third-order valence-corrected chi connectivity index (χ3v) is 9.38. The monoisotopic (exact) mass is 617 g/mol. The number of benzene rings is 2. The summed E-state index contributed by atoms with van der Waals surface area (Å²) in [4.78, 5) is 31.3. The van der Waals surface area contributed by atoms with Crippen LogP contribution in [-0.2, 0) is 16.1 Å². The molecule has 4 atom stereocenters. The lowest BCUT2D eigenvalue weighted by Gasteiger charge is -2.39. The maximum absolute atomic E-state index is 14.3. The molecule has 1 saturated heterocycles. The van der Waals surface area contributed by atoms with Crippen LogP contribution in [-0.4, -0.2) is 83.2 Å². The Hall–Kier alpha value is -3.11. The van der Waals surface area contributed by atoms with E-state index in [0.29, 0.717) is 12.1 Å². The number of amides is 1. The van der Waals surface area contributed by atoms with Crippen LogP contribution in [0, 0.1) is 29.3 Å². The van der Waals surface area contributed by atoms with Crippen molar-refractivity contribution in [2.45, 2.75) is 83.5 Å². The average molecular weight is 618 g/mol. The first kappa shape index (κ1) is 33.8. The fraction of sp³-hybridized carbons (Fsp3) is 0.588. The minimum absolute atomic E-state index is 0.00694. The quantitative estimate of drug-likeness (QED) is 0.293. The van der Waals surface area contributed by atoms with E-state index in [1.165, 1.54) is 12.1 Å². The topological polar surface area (TPSA) is 73.3 Å². The summed E-state index contributed by atoms with van der Waals surface area (Å²) >= 11 is 0. The number of likely N-dealkylation sites (tertiary alicyclic amines) is 1. The van der Waals surface area contributed by atoms with Crippen LogP contribution in [0.15, 0.2) is 42.5 Å². The minimum Gasteiger partial charge on any atom is -0.480 e. The fourth-order valence-corrected chi connectivity index (χ4v) is 7.20. The highest BCUT2D eigenvalue weighted by molar-refractivity contribution is 5.73. The Labute approximate surface area is 259 Å². The van der Waals surface area contributed by atoms with Crippen molar-refractivity contribution in [3.63, 3.8) is 0 Å². The number of piperidine rings is 1. The molecule has 1 aliphatic carbocycles. The normalized spacial score (nSPS) is 22.0. The minimum atomic E-state index is -0.974. The number of hydrogen-bond acceptors (Lipinski definition) is 5. The highest BCUT2D eigenvalue weighted by Crippen LogP contribution is 2.43. The van der Waals surface area contributed by atoms with Crippen molar-refractivity contribution in [1.29, 1.82) is 0 Å². The Balaban J connectivity index is 1.39. The molecule has 1 aliphatic heterocycles. The van der Waals surface area contributed by atoms with Crippen molar-refractivity contribution < 1.29 is 32.6 Å². The van der Waals surface area contributed by atoms with Gasteiger partial charge in [-0.2, -0.15) is 0 Å². The van der Waals surface area contributed by atoms with Gasteiger partial charge in [0.25, 0.3) is 0 Å². The Morgan fingerprint density at radius 3 is 2.36 bits per heavy atom. The van der Waals surface area contributed by atoms with Crippen molar-refractivity contribution >= 4 is 12.1 Å². The summed E-state index contributed by atoms with van der Waals surface area (Å²) in [5, 5.41) is 9.92. The van der Waals surface area contributed by atoms with Crippen LogP contribution in [0.4, 0.5) is 18.0 Å². The van der Waals surface area contributed by atoms with Gasteiger partial charge < -0.3 is 19.6 Å². The molecule has 7 nitrogen and oxygen atoms in total. The van der Waals surface area contributed by atoms with Crippen LogP contribution in [0.1, 0.15) is 69.9 Å². The molecule has 2 aromatic rings. The molecule has 1 heterocycles. The first-order valence-corrected chi connectivity index (χ1v) is 15.8. The molecule has 0 spiro atoms. The lowest BCUT2D eigenvalue weighted by atomic mass is 9.88. The van der Waals surface area contributed by atoms with Gasteiger partial charge in [0.2, 0.25) is 0 Å². The second kappa shape index (κ2) is 15.3. The van der Waals surface area contributed by atoms with E-state index in [9.17, 15) is 27.9 Å². The number of carbonyl (C=O) groups excluding carboxylic acids is 1. The number of aliphatic carboxylic acids is 1. The number of likely N-dealkylation sites (N-methyl/N-ethyl adjacent to an activating group) is 1. The second-order valence-corrected chi connectivity index (χ2v) is 12.8. The zero-order chi connectivity index (χ0) is 32.0. The lowest BCUT2D eigenvalue weighted by molar-refractivity contribution is -0.145. The SMILES string of the molecule is CCCN(C(=O)OCc1ccc(F)c(F)c1)C1CCN(CC2CC(N(C)[C@@H](C(=O)O)C(C)C)CC2c2cccc(F)c2)CC1. The maximum Gasteiger partial charge on any atom is 0.410 e. The van der Waals surface area contributed by atoms with E-state index in [1.807, 2.05) is 38.8 Å². The van der Waals surface area contributed by atoms with Gasteiger partial charge in [-0.05, 0) is 92.3 Å². The Morgan fingerprint density at radius 2 is 1.75 bits per heavy atom. The molecule has 44 heavy (non-hydrogen) atoms. The smallest absolute Gasteiger partial charge is 0.410 e. The van der Waals surface area contributed by atoms with Crippen LogP contribution in [0.3, 0.4) is 0 Å². The summed E-state index contributed by atoms with van der Waals surface area (Å²) in [5.74, 6) is -2.71. The molecule has 0 radical (unpaired) electrons. The second-order valence-electron chi connectivity index (χ2n) is 12.8. The van der Waals surface area contributed by atoms with Gasteiger partial charge in [-0.3, -0.25) is 9.69 Å². The Morgan fingerprint density at radius 1 is 1.02 bits per heavy atom. The molecule has 1 amide bonds. The summed E-state index contributed by atoms with van der Waals surface area (Å²) in [6.07, 6.45) is 3.45. The van der Waals surface area contributed by atoms with Gasteiger partial charge in [0, 0.05) is 38.3 Å². The van der Waals surface area contributed by atoms with Crippen LogP contribution < -0.4 is 0 Å². The molecular weight excluding hydrogens is 571 g/mol. The van der Waals surface area contributed by atoms with Gasteiger partial charge in [-0.25, -0.2) is 18.0 Å². The molecule has 242 valence electrons. The summed E-state index contributed by atoms with van der Waals surface area (Å²) in [5.41, 5.74) is 1.34. The highest BCUT2D eigenvalue weighted by atomic mass is 19.2. The zero-order valence-electron chi connectivity index (χ0n) is 26.2. The van der Waals surface area contributed by atoms with Crippen LogP contribution in [0.5, 0.6) is 0 Å². The van der Waals surface area contributed by atoms with Crippen molar-refractivity contribution in [1.82, 2.24) is 14.7 Å². The van der Waals surface area contributed by atoms with Crippen LogP contribution in [0.25, 0.3) is 0 Å². The summed E-state index contributed by atoms with van der Waals surface area (Å²) in [6, 6.07) is 9.73. The molecule has 10 heteroatoms. The Kier molecular flexibility index (Phi) is 11.7. The first-order valence-electron chi connectivity index (χ1n) is 15.8. The largest absolute Gasteiger partial charge is 0.480 e. The third kappa shape index (κ3) is 8.33. The molecule has 2 fully saturated rings. The highest BCUT2D eigenvalue weighted by Gasteiger charge is 2.42. The van der Waals surface area contributed by atoms with Crippen molar-refractivity contribution in [3.8, 4) is 0 Å². The van der Waals surface area contributed by atoms with Gasteiger partial charge in [0.05, 0.1) is 0 Å². The van der Waals surface area contributed by atoms with Gasteiger partial charge in [0.15, 0.2) is 11.6 Å². The van der Waals surface area contributed by atoms with E-state index in [0.717, 1.165) is 69.4 Å². The number of hydrogen-bond donors (Lipinski definition) is 1.